The number of nitrogens with zero attached hydrogens (tertiary/aromatic N) is 1. The molecule has 4 nitrogen and oxygen atoms in total. The summed E-state index contributed by atoms with van der Waals surface area (Å²) in [5, 5.41) is 0. The van der Waals surface area contributed by atoms with Crippen LogP contribution in [0.4, 0.5) is 0 Å². The van der Waals surface area contributed by atoms with Crippen molar-refractivity contribution in [3.63, 3.8) is 0 Å². The molecule has 2 heterocycles. The first-order chi connectivity index (χ1) is 10.8. The molecule has 4 heteroatoms. The van der Waals surface area contributed by atoms with E-state index in [4.69, 9.17) is 19.2 Å². The van der Waals surface area contributed by atoms with Gasteiger partial charge in [0.05, 0.1) is 18.9 Å². The molecule has 4 rings (SSSR count). The highest BCUT2D eigenvalue weighted by molar-refractivity contribution is 6.16. The van der Waals surface area contributed by atoms with Gasteiger partial charge in [0.1, 0.15) is 0 Å². The third-order valence-electron chi connectivity index (χ3n) is 4.05. The maximum Gasteiger partial charge on any atom is 0.231 e. The SMILES string of the molecule is COc1c2c(cc3c1C(c1ccccc1)=N[C@@H](C)C3)OCO2. The second-order valence-corrected chi connectivity index (χ2v) is 5.57. The van der Waals surface area contributed by atoms with E-state index in [1.807, 2.05) is 18.2 Å². The normalized spacial score (nSPS) is 18.6. The van der Waals surface area contributed by atoms with Gasteiger partial charge in [0.2, 0.25) is 12.5 Å². The van der Waals surface area contributed by atoms with Crippen LogP contribution in [0, 0.1) is 0 Å². The number of methoxy groups -OCH3 is 1. The molecule has 112 valence electrons. The maximum absolute atomic E-state index is 5.66. The summed E-state index contributed by atoms with van der Waals surface area (Å²) in [6, 6.07) is 12.5. The third kappa shape index (κ3) is 1.95. The summed E-state index contributed by atoms with van der Waals surface area (Å²) in [5.41, 5.74) is 4.27. The second kappa shape index (κ2) is 5.05. The average Bonchev–Trinajstić information content (AvgIpc) is 3.00. The summed E-state index contributed by atoms with van der Waals surface area (Å²) >= 11 is 0. The van der Waals surface area contributed by atoms with Crippen molar-refractivity contribution in [2.75, 3.05) is 13.9 Å². The first kappa shape index (κ1) is 13.2. The predicted octanol–water partition coefficient (Wildman–Crippen LogP) is 3.21. The summed E-state index contributed by atoms with van der Waals surface area (Å²) in [5.74, 6) is 2.16. The Labute approximate surface area is 129 Å². The Hall–Kier alpha value is -2.49. The minimum Gasteiger partial charge on any atom is -0.492 e. The Morgan fingerprint density at radius 2 is 2.00 bits per heavy atom. The number of hydrogen-bond donors (Lipinski definition) is 0. The fourth-order valence-electron chi connectivity index (χ4n) is 3.14. The van der Waals surface area contributed by atoms with Gasteiger partial charge in [-0.2, -0.15) is 0 Å². The largest absolute Gasteiger partial charge is 0.492 e. The van der Waals surface area contributed by atoms with E-state index < -0.39 is 0 Å². The molecule has 0 radical (unpaired) electrons. The number of rotatable bonds is 2. The predicted molar refractivity (Wildman–Crippen MR) is 84.4 cm³/mol. The van der Waals surface area contributed by atoms with E-state index in [0.29, 0.717) is 5.75 Å². The Morgan fingerprint density at radius 1 is 1.18 bits per heavy atom. The number of ether oxygens (including phenoxy) is 3. The van der Waals surface area contributed by atoms with Crippen LogP contribution in [0.15, 0.2) is 41.4 Å². The topological polar surface area (TPSA) is 40.0 Å². The second-order valence-electron chi connectivity index (χ2n) is 5.57. The lowest BCUT2D eigenvalue weighted by molar-refractivity contribution is 0.171. The van der Waals surface area contributed by atoms with Gasteiger partial charge in [0, 0.05) is 11.1 Å². The third-order valence-corrected chi connectivity index (χ3v) is 4.05. The van der Waals surface area contributed by atoms with Gasteiger partial charge in [0.25, 0.3) is 0 Å². The monoisotopic (exact) mass is 295 g/mol. The molecule has 2 aliphatic rings. The highest BCUT2D eigenvalue weighted by Crippen LogP contribution is 2.47. The van der Waals surface area contributed by atoms with Crippen molar-refractivity contribution in [3.8, 4) is 17.2 Å². The number of aliphatic imine (C=N–C) groups is 1. The van der Waals surface area contributed by atoms with Gasteiger partial charge >= 0.3 is 0 Å². The lowest BCUT2D eigenvalue weighted by atomic mass is 9.89. The van der Waals surface area contributed by atoms with Crippen LogP contribution in [0.5, 0.6) is 17.2 Å². The summed E-state index contributed by atoms with van der Waals surface area (Å²) in [4.78, 5) is 4.87. The molecule has 22 heavy (non-hydrogen) atoms. The van der Waals surface area contributed by atoms with E-state index in [9.17, 15) is 0 Å². The van der Waals surface area contributed by atoms with Gasteiger partial charge < -0.3 is 14.2 Å². The Balaban J connectivity index is 1.97. The molecular weight excluding hydrogens is 278 g/mol. The van der Waals surface area contributed by atoms with Gasteiger partial charge in [0.15, 0.2) is 11.5 Å². The Bertz CT molecular complexity index is 753. The summed E-state index contributed by atoms with van der Waals surface area (Å²) in [6.07, 6.45) is 0.874. The van der Waals surface area contributed by atoms with Gasteiger partial charge in [-0.25, -0.2) is 0 Å². The zero-order valence-corrected chi connectivity index (χ0v) is 12.6. The molecule has 0 saturated heterocycles. The van der Waals surface area contributed by atoms with Crippen molar-refractivity contribution in [2.45, 2.75) is 19.4 Å². The minimum absolute atomic E-state index is 0.229. The van der Waals surface area contributed by atoms with Gasteiger partial charge in [-0.15, -0.1) is 0 Å². The molecule has 2 aromatic carbocycles. The molecule has 0 unspecified atom stereocenters. The van der Waals surface area contributed by atoms with Crippen LogP contribution in [-0.4, -0.2) is 25.7 Å². The van der Waals surface area contributed by atoms with Crippen molar-refractivity contribution in [1.82, 2.24) is 0 Å². The van der Waals surface area contributed by atoms with Crippen LogP contribution in [0.1, 0.15) is 23.6 Å². The van der Waals surface area contributed by atoms with Crippen molar-refractivity contribution >= 4 is 5.71 Å². The molecular formula is C18H17NO3. The standard InChI is InChI=1S/C18H17NO3/c1-11-8-13-9-14-17(22-10-21-14)18(20-2)15(13)16(19-11)12-6-4-3-5-7-12/h3-7,9,11H,8,10H2,1-2H3/t11-/m0/s1. The summed E-state index contributed by atoms with van der Waals surface area (Å²) in [6.45, 7) is 2.37. The van der Waals surface area contributed by atoms with Crippen LogP contribution in [0.2, 0.25) is 0 Å². The van der Waals surface area contributed by atoms with Gasteiger partial charge in [-0.1, -0.05) is 30.3 Å². The summed E-state index contributed by atoms with van der Waals surface area (Å²) < 4.78 is 16.8. The van der Waals surface area contributed by atoms with Gasteiger partial charge in [-0.05, 0) is 25.0 Å². The highest BCUT2D eigenvalue weighted by Gasteiger charge is 2.31. The molecule has 0 N–H and O–H groups in total. The van der Waals surface area contributed by atoms with Crippen molar-refractivity contribution < 1.29 is 14.2 Å². The zero-order chi connectivity index (χ0) is 15.1. The number of hydrogen-bond acceptors (Lipinski definition) is 4. The molecule has 0 spiro atoms. The Morgan fingerprint density at radius 3 is 2.77 bits per heavy atom. The molecule has 1 atom stereocenters. The quantitative estimate of drug-likeness (QED) is 0.854. The molecule has 0 bridgehead atoms. The lowest BCUT2D eigenvalue weighted by Crippen LogP contribution is -2.20. The van der Waals surface area contributed by atoms with Crippen molar-refractivity contribution in [3.05, 3.63) is 53.1 Å². The molecule has 0 amide bonds. The molecule has 0 fully saturated rings. The molecule has 0 saturated carbocycles. The maximum atomic E-state index is 5.66. The van der Waals surface area contributed by atoms with E-state index in [2.05, 4.69) is 25.1 Å². The van der Waals surface area contributed by atoms with E-state index in [-0.39, 0.29) is 12.8 Å². The summed E-state index contributed by atoms with van der Waals surface area (Å²) in [7, 11) is 1.66. The van der Waals surface area contributed by atoms with Crippen molar-refractivity contribution in [2.24, 2.45) is 4.99 Å². The number of benzene rings is 2. The average molecular weight is 295 g/mol. The van der Waals surface area contributed by atoms with Crippen LogP contribution >= 0.6 is 0 Å². The molecule has 0 aliphatic carbocycles. The zero-order valence-electron chi connectivity index (χ0n) is 12.6. The minimum atomic E-state index is 0.229. The van der Waals surface area contributed by atoms with E-state index in [1.165, 1.54) is 5.56 Å². The fraction of sp³-hybridized carbons (Fsp3) is 0.278. The molecule has 2 aromatic rings. The van der Waals surface area contributed by atoms with Crippen LogP contribution in [0.3, 0.4) is 0 Å². The Kier molecular flexibility index (Phi) is 3.03. The first-order valence-electron chi connectivity index (χ1n) is 7.41. The van der Waals surface area contributed by atoms with E-state index in [0.717, 1.165) is 34.8 Å². The van der Waals surface area contributed by atoms with Gasteiger partial charge in [-0.3, -0.25) is 4.99 Å². The molecule has 2 aliphatic heterocycles. The highest BCUT2D eigenvalue weighted by atomic mass is 16.7. The van der Waals surface area contributed by atoms with E-state index >= 15 is 0 Å². The van der Waals surface area contributed by atoms with Crippen LogP contribution < -0.4 is 14.2 Å². The first-order valence-corrected chi connectivity index (χ1v) is 7.41. The van der Waals surface area contributed by atoms with Crippen LogP contribution in [0.25, 0.3) is 0 Å². The number of fused-ring (bicyclic) bond motifs is 2. The fourth-order valence-corrected chi connectivity index (χ4v) is 3.14. The molecule has 0 aromatic heterocycles. The van der Waals surface area contributed by atoms with Crippen LogP contribution in [-0.2, 0) is 6.42 Å². The van der Waals surface area contributed by atoms with E-state index in [1.54, 1.807) is 7.11 Å². The smallest absolute Gasteiger partial charge is 0.231 e. The lowest BCUT2D eigenvalue weighted by Gasteiger charge is -2.24. The van der Waals surface area contributed by atoms with Crippen molar-refractivity contribution in [1.29, 1.82) is 0 Å².